The molecule has 3 rings (SSSR count). The number of anilines is 2. The van der Waals surface area contributed by atoms with E-state index in [1.165, 1.54) is 0 Å². The number of amides is 1. The Hall–Kier alpha value is -3.59. The van der Waals surface area contributed by atoms with Crippen LogP contribution < -0.4 is 20.3 Å². The lowest BCUT2D eigenvalue weighted by atomic mass is 9.84. The Kier molecular flexibility index (Phi) is 8.48. The van der Waals surface area contributed by atoms with Crippen LogP contribution in [-0.2, 0) is 12.0 Å². The number of fused-ring (bicyclic) bond motifs is 1. The lowest BCUT2D eigenvalue weighted by Gasteiger charge is -2.26. The zero-order valence-electron chi connectivity index (χ0n) is 22.9. The van der Waals surface area contributed by atoms with Gasteiger partial charge in [-0.15, -0.1) is 0 Å². The molecule has 1 heterocycles. The minimum atomic E-state index is -0.273. The van der Waals surface area contributed by atoms with Gasteiger partial charge < -0.3 is 30.3 Å². The van der Waals surface area contributed by atoms with Crippen LogP contribution in [0.1, 0.15) is 64.6 Å². The summed E-state index contributed by atoms with van der Waals surface area (Å²) in [6, 6.07) is 7.32. The van der Waals surface area contributed by atoms with Crippen molar-refractivity contribution in [1.29, 1.82) is 5.41 Å². The van der Waals surface area contributed by atoms with E-state index in [0.29, 0.717) is 47.6 Å². The van der Waals surface area contributed by atoms with Gasteiger partial charge in [-0.1, -0.05) is 20.8 Å². The van der Waals surface area contributed by atoms with Gasteiger partial charge in [0.15, 0.2) is 5.78 Å². The molecular formula is C28H39N5O4. The Morgan fingerprint density at radius 2 is 1.89 bits per heavy atom. The van der Waals surface area contributed by atoms with E-state index in [-0.39, 0.29) is 36.1 Å². The first-order chi connectivity index (χ1) is 17.4. The first-order valence-corrected chi connectivity index (χ1v) is 12.4. The number of hydrogen-bond donors (Lipinski definition) is 4. The maximum atomic E-state index is 13.5. The predicted molar refractivity (Wildman–Crippen MR) is 148 cm³/mol. The highest BCUT2D eigenvalue weighted by Gasteiger charge is 2.30. The summed E-state index contributed by atoms with van der Waals surface area (Å²) in [6.45, 7) is 7.25. The Morgan fingerprint density at radius 3 is 2.46 bits per heavy atom. The molecule has 0 fully saturated rings. The number of methoxy groups -OCH3 is 1. The zero-order chi connectivity index (χ0) is 27.5. The molecule has 0 radical (unpaired) electrons. The second-order valence-electron chi connectivity index (χ2n) is 10.5. The molecule has 1 amide bonds. The lowest BCUT2D eigenvalue weighted by molar-refractivity contribution is 0.0955. The van der Waals surface area contributed by atoms with Crippen LogP contribution in [0.4, 0.5) is 11.4 Å². The Labute approximate surface area is 219 Å². The number of aliphatic hydroxyl groups excluding tert-OH is 1. The molecule has 0 spiro atoms. The van der Waals surface area contributed by atoms with Crippen molar-refractivity contribution < 1.29 is 19.4 Å². The molecule has 1 aliphatic rings. The molecule has 0 aliphatic carbocycles. The van der Waals surface area contributed by atoms with Gasteiger partial charge in [0, 0.05) is 63.2 Å². The molecule has 9 heteroatoms. The third-order valence-corrected chi connectivity index (χ3v) is 6.52. The number of Topliss-reactive ketones (excluding diaryl/α,β-unsaturated/α-hetero) is 1. The van der Waals surface area contributed by atoms with Gasteiger partial charge in [-0.2, -0.15) is 0 Å². The van der Waals surface area contributed by atoms with Crippen LogP contribution in [0.25, 0.3) is 0 Å². The van der Waals surface area contributed by atoms with Gasteiger partial charge in [0.1, 0.15) is 11.6 Å². The Bertz CT molecular complexity index is 1200. The van der Waals surface area contributed by atoms with Crippen molar-refractivity contribution in [2.45, 2.75) is 39.2 Å². The van der Waals surface area contributed by atoms with E-state index in [1.54, 1.807) is 31.2 Å². The van der Waals surface area contributed by atoms with Gasteiger partial charge in [-0.25, -0.2) is 0 Å². The molecule has 9 nitrogen and oxygen atoms in total. The van der Waals surface area contributed by atoms with Crippen molar-refractivity contribution in [3.05, 3.63) is 52.1 Å². The van der Waals surface area contributed by atoms with E-state index < -0.39 is 0 Å². The molecule has 0 bridgehead atoms. The number of rotatable bonds is 10. The second kappa shape index (κ2) is 11.2. The number of amidine groups is 1. The molecule has 0 unspecified atom stereocenters. The minimum absolute atomic E-state index is 0.0338. The Balaban J connectivity index is 1.93. The number of ether oxygens (including phenoxy) is 1. The van der Waals surface area contributed by atoms with Gasteiger partial charge >= 0.3 is 0 Å². The number of carbonyl (C=O) groups is 2. The molecule has 1 aliphatic heterocycles. The highest BCUT2D eigenvalue weighted by molar-refractivity contribution is 6.08. The fourth-order valence-corrected chi connectivity index (χ4v) is 4.52. The molecule has 2 aromatic carbocycles. The van der Waals surface area contributed by atoms with E-state index in [0.717, 1.165) is 16.8 Å². The van der Waals surface area contributed by atoms with Gasteiger partial charge in [-0.05, 0) is 41.7 Å². The first kappa shape index (κ1) is 28.0. The molecule has 200 valence electrons. The van der Waals surface area contributed by atoms with Crippen LogP contribution in [0.2, 0.25) is 0 Å². The summed E-state index contributed by atoms with van der Waals surface area (Å²) < 4.78 is 5.71. The van der Waals surface area contributed by atoms with Crippen molar-refractivity contribution in [1.82, 2.24) is 10.2 Å². The fraction of sp³-hybridized carbons (Fsp3) is 0.464. The third kappa shape index (κ3) is 5.88. The molecule has 37 heavy (non-hydrogen) atoms. The lowest BCUT2D eigenvalue weighted by Crippen LogP contribution is -2.30. The summed E-state index contributed by atoms with van der Waals surface area (Å²) in [7, 11) is 6.94. The molecule has 0 atom stereocenters. The first-order valence-electron chi connectivity index (χ1n) is 12.4. The number of nitrogens with zero attached hydrogens (tertiary/aromatic N) is 2. The Morgan fingerprint density at radius 1 is 1.19 bits per heavy atom. The summed E-state index contributed by atoms with van der Waals surface area (Å²) in [5, 5.41) is 23.9. The molecular weight excluding hydrogens is 470 g/mol. The zero-order valence-corrected chi connectivity index (χ0v) is 22.9. The van der Waals surface area contributed by atoms with Crippen molar-refractivity contribution in [3.8, 4) is 5.75 Å². The minimum Gasteiger partial charge on any atom is -0.494 e. The maximum Gasteiger partial charge on any atom is 0.253 e. The number of aliphatic hydroxyl groups is 1. The molecule has 0 saturated heterocycles. The van der Waals surface area contributed by atoms with Crippen molar-refractivity contribution >= 4 is 28.9 Å². The highest BCUT2D eigenvalue weighted by Crippen LogP contribution is 2.39. The van der Waals surface area contributed by atoms with E-state index in [1.807, 2.05) is 31.1 Å². The van der Waals surface area contributed by atoms with Gasteiger partial charge in [0.25, 0.3) is 5.91 Å². The quantitative estimate of drug-likeness (QED) is 0.287. The molecule has 4 N–H and O–H groups in total. The number of carbonyl (C=O) groups excluding carboxylic acids is 2. The summed E-state index contributed by atoms with van der Waals surface area (Å²) in [4.78, 5) is 29.6. The summed E-state index contributed by atoms with van der Waals surface area (Å²) in [6.07, 6.45) is 0.572. The van der Waals surface area contributed by atoms with E-state index in [4.69, 9.17) is 10.1 Å². The number of nitrogens with one attached hydrogen (secondary N) is 3. The second-order valence-corrected chi connectivity index (χ2v) is 10.5. The van der Waals surface area contributed by atoms with Crippen LogP contribution in [-0.4, -0.2) is 75.5 Å². The van der Waals surface area contributed by atoms with E-state index in [2.05, 4.69) is 31.4 Å². The normalized spacial score (nSPS) is 12.9. The smallest absolute Gasteiger partial charge is 0.253 e. The number of ketones is 1. The van der Waals surface area contributed by atoms with Gasteiger partial charge in [-0.3, -0.25) is 15.0 Å². The molecule has 2 aromatic rings. The van der Waals surface area contributed by atoms with Gasteiger partial charge in [0.2, 0.25) is 0 Å². The summed E-state index contributed by atoms with van der Waals surface area (Å²) >= 11 is 0. The third-order valence-electron chi connectivity index (χ3n) is 6.52. The fourth-order valence-electron chi connectivity index (χ4n) is 4.52. The van der Waals surface area contributed by atoms with Gasteiger partial charge in [0.05, 0.1) is 24.9 Å². The summed E-state index contributed by atoms with van der Waals surface area (Å²) in [5.74, 6) is 0.573. The van der Waals surface area contributed by atoms with Crippen LogP contribution in [0.15, 0.2) is 24.3 Å². The van der Waals surface area contributed by atoms with E-state index >= 15 is 0 Å². The largest absolute Gasteiger partial charge is 0.494 e. The van der Waals surface area contributed by atoms with Crippen LogP contribution >= 0.6 is 0 Å². The average molecular weight is 510 g/mol. The van der Waals surface area contributed by atoms with E-state index in [9.17, 15) is 14.7 Å². The van der Waals surface area contributed by atoms with Crippen molar-refractivity contribution in [2.24, 2.45) is 0 Å². The monoisotopic (exact) mass is 509 g/mol. The van der Waals surface area contributed by atoms with Crippen LogP contribution in [0, 0.1) is 5.41 Å². The molecule has 0 aromatic heterocycles. The SMILES string of the molecule is CNC(=O)c1cc2c(cc1N(C)C)CN(CC(=O)c1cc(NCCCO)c(OC)c(C(C)(C)C)c1)C2=N. The summed E-state index contributed by atoms with van der Waals surface area (Å²) in [5.41, 5.74) is 4.69. The average Bonchev–Trinajstić information content (AvgIpc) is 3.15. The van der Waals surface area contributed by atoms with Crippen molar-refractivity contribution in [2.75, 3.05) is 58.2 Å². The topological polar surface area (TPSA) is 118 Å². The number of hydrogen-bond acceptors (Lipinski definition) is 7. The predicted octanol–water partition coefficient (Wildman–Crippen LogP) is 3.24. The number of benzene rings is 2. The molecule has 0 saturated carbocycles. The van der Waals surface area contributed by atoms with Crippen LogP contribution in [0.3, 0.4) is 0 Å². The standard InChI is InChI=1S/C28H39N5O4/c1-28(2,3)21-11-17(12-22(25(21)37-7)31-9-8-10-34)24(35)16-33-15-18-13-23(32(5)6)20(27(36)30-4)14-19(18)26(33)29/h11-14,29,31,34H,8-10,15-16H2,1-7H3,(H,30,36). The van der Waals surface area contributed by atoms with Crippen molar-refractivity contribution in [3.63, 3.8) is 0 Å². The van der Waals surface area contributed by atoms with Crippen LogP contribution in [0.5, 0.6) is 5.75 Å². The highest BCUT2D eigenvalue weighted by atomic mass is 16.5. The maximum absolute atomic E-state index is 13.5.